The number of carbonyl (C=O) groups is 1. The third-order valence-corrected chi connectivity index (χ3v) is 4.40. The zero-order valence-corrected chi connectivity index (χ0v) is 16.1. The molecule has 2 atom stereocenters. The molecular weight excluding hydrogens is 319 g/mol. The quantitative estimate of drug-likeness (QED) is 0.527. The number of hydrogen-bond acceptors (Lipinski definition) is 3. The van der Waals surface area contributed by atoms with Gasteiger partial charge in [-0.3, -0.25) is 4.79 Å². The van der Waals surface area contributed by atoms with Crippen LogP contribution in [0.1, 0.15) is 74.4 Å². The van der Waals surface area contributed by atoms with Gasteiger partial charge in [0.1, 0.15) is 6.10 Å². The Bertz CT molecular complexity index is 517. The van der Waals surface area contributed by atoms with Crippen molar-refractivity contribution in [3.05, 3.63) is 46.8 Å². The molecule has 0 bridgehead atoms. The fourth-order valence-electron chi connectivity index (χ4n) is 2.46. The molecule has 24 heavy (non-hydrogen) atoms. The summed E-state index contributed by atoms with van der Waals surface area (Å²) in [5.41, 5.74) is 1.29. The number of carbonyl (C=O) groups excluding carboxylic acids is 1. The standard InChI is InChI=1S/C10H9O2P.C10H22O/c11-8-5-9(13)10(12)7-4-2-1-3-6(7)8;1-3-5-7-9-11-10-8-6-4-2/h1-5,10,12H,13H2;3-10H2,1-2H3. The summed E-state index contributed by atoms with van der Waals surface area (Å²) < 4.78 is 5.44. The van der Waals surface area contributed by atoms with Crippen LogP contribution >= 0.6 is 9.24 Å². The second-order valence-electron chi connectivity index (χ2n) is 6.02. The number of benzene rings is 1. The van der Waals surface area contributed by atoms with Crippen LogP contribution in [0.25, 0.3) is 0 Å². The summed E-state index contributed by atoms with van der Waals surface area (Å²) in [7, 11) is 2.38. The maximum absolute atomic E-state index is 11.4. The van der Waals surface area contributed by atoms with E-state index in [1.165, 1.54) is 44.6 Å². The van der Waals surface area contributed by atoms with Crippen molar-refractivity contribution in [3.63, 3.8) is 0 Å². The van der Waals surface area contributed by atoms with Crippen molar-refractivity contribution >= 4 is 15.0 Å². The molecular formula is C20H31O3P. The molecule has 1 aliphatic rings. The lowest BCUT2D eigenvalue weighted by atomic mass is 9.94. The van der Waals surface area contributed by atoms with Crippen LogP contribution in [0, 0.1) is 0 Å². The van der Waals surface area contributed by atoms with Crippen LogP contribution in [0.3, 0.4) is 0 Å². The topological polar surface area (TPSA) is 46.5 Å². The monoisotopic (exact) mass is 350 g/mol. The van der Waals surface area contributed by atoms with Crippen LogP contribution in [0.2, 0.25) is 0 Å². The number of fused-ring (bicyclic) bond motifs is 1. The minimum atomic E-state index is -0.654. The van der Waals surface area contributed by atoms with E-state index in [1.807, 2.05) is 6.07 Å². The second kappa shape index (κ2) is 12.4. The highest BCUT2D eigenvalue weighted by atomic mass is 31.0. The summed E-state index contributed by atoms with van der Waals surface area (Å²) in [5.74, 6) is -0.0362. The molecule has 0 fully saturated rings. The van der Waals surface area contributed by atoms with Gasteiger partial charge in [-0.1, -0.05) is 63.8 Å². The lowest BCUT2D eigenvalue weighted by molar-refractivity contribution is 0.103. The highest BCUT2D eigenvalue weighted by molar-refractivity contribution is 7.22. The Labute approximate surface area is 148 Å². The SMILES string of the molecule is CCCCCOCCCCC.O=C1C=C(P)C(O)c2ccccc21. The maximum atomic E-state index is 11.4. The first-order valence-electron chi connectivity index (χ1n) is 8.97. The van der Waals surface area contributed by atoms with Gasteiger partial charge >= 0.3 is 0 Å². The van der Waals surface area contributed by atoms with Gasteiger partial charge in [0, 0.05) is 18.8 Å². The normalized spacial score (nSPS) is 16.1. The van der Waals surface area contributed by atoms with Crippen LogP contribution in [0.4, 0.5) is 0 Å². The number of aliphatic hydroxyl groups is 1. The van der Waals surface area contributed by atoms with E-state index < -0.39 is 6.10 Å². The first kappa shape index (κ1) is 21.0. The molecule has 3 nitrogen and oxygen atoms in total. The van der Waals surface area contributed by atoms with Gasteiger partial charge < -0.3 is 9.84 Å². The van der Waals surface area contributed by atoms with Crippen LogP contribution < -0.4 is 0 Å². The van der Waals surface area contributed by atoms with Gasteiger partial charge in [0.05, 0.1) is 0 Å². The van der Waals surface area contributed by atoms with Gasteiger partial charge in [-0.2, -0.15) is 0 Å². The van der Waals surface area contributed by atoms with E-state index in [0.29, 0.717) is 16.4 Å². The molecule has 2 rings (SSSR count). The molecule has 0 saturated carbocycles. The Kier molecular flexibility index (Phi) is 10.8. The first-order chi connectivity index (χ1) is 11.6. The molecule has 1 aromatic rings. The number of unbranched alkanes of at least 4 members (excludes halogenated alkanes) is 4. The predicted molar refractivity (Wildman–Crippen MR) is 103 cm³/mol. The zero-order valence-electron chi connectivity index (χ0n) is 15.0. The summed E-state index contributed by atoms with van der Waals surface area (Å²) in [6.45, 7) is 6.38. The van der Waals surface area contributed by atoms with E-state index in [9.17, 15) is 9.90 Å². The molecule has 0 saturated heterocycles. The van der Waals surface area contributed by atoms with Crippen LogP contribution in [0.15, 0.2) is 35.7 Å². The third-order valence-electron chi connectivity index (χ3n) is 3.92. The summed E-state index contributed by atoms with van der Waals surface area (Å²) in [6.07, 6.45) is 8.49. The van der Waals surface area contributed by atoms with Gasteiger partial charge in [0.25, 0.3) is 0 Å². The summed E-state index contributed by atoms with van der Waals surface area (Å²) in [6, 6.07) is 7.12. The van der Waals surface area contributed by atoms with E-state index >= 15 is 0 Å². The highest BCUT2D eigenvalue weighted by Gasteiger charge is 2.22. The molecule has 0 spiro atoms. The zero-order chi connectivity index (χ0) is 17.8. The Morgan fingerprint density at radius 2 is 1.62 bits per heavy atom. The van der Waals surface area contributed by atoms with Gasteiger partial charge in [-0.15, -0.1) is 9.24 Å². The lowest BCUT2D eigenvalue weighted by Gasteiger charge is -2.18. The van der Waals surface area contributed by atoms with Crippen molar-refractivity contribution in [1.82, 2.24) is 0 Å². The van der Waals surface area contributed by atoms with Gasteiger partial charge in [-0.25, -0.2) is 0 Å². The maximum Gasteiger partial charge on any atom is 0.186 e. The molecule has 0 aliphatic heterocycles. The smallest absolute Gasteiger partial charge is 0.186 e. The Morgan fingerprint density at radius 3 is 2.21 bits per heavy atom. The summed E-state index contributed by atoms with van der Waals surface area (Å²) in [4.78, 5) is 11.4. The minimum Gasteiger partial charge on any atom is -0.384 e. The molecule has 1 aromatic carbocycles. The largest absolute Gasteiger partial charge is 0.384 e. The second-order valence-corrected chi connectivity index (χ2v) is 6.69. The van der Waals surface area contributed by atoms with Crippen LogP contribution in [0.5, 0.6) is 0 Å². The molecule has 1 N–H and O–H groups in total. The van der Waals surface area contributed by atoms with Crippen LogP contribution in [-0.4, -0.2) is 24.1 Å². The Balaban J connectivity index is 0.000000245. The van der Waals surface area contributed by atoms with E-state index in [2.05, 4.69) is 23.1 Å². The summed E-state index contributed by atoms with van der Waals surface area (Å²) >= 11 is 0. The molecule has 0 radical (unpaired) electrons. The number of aliphatic hydroxyl groups excluding tert-OH is 1. The van der Waals surface area contributed by atoms with Crippen molar-refractivity contribution in [3.8, 4) is 0 Å². The first-order valence-corrected chi connectivity index (χ1v) is 9.55. The van der Waals surface area contributed by atoms with Gasteiger partial charge in [0.15, 0.2) is 5.78 Å². The molecule has 0 heterocycles. The highest BCUT2D eigenvalue weighted by Crippen LogP contribution is 2.33. The molecule has 1 aliphatic carbocycles. The van der Waals surface area contributed by atoms with Crippen molar-refractivity contribution in [2.45, 2.75) is 58.5 Å². The van der Waals surface area contributed by atoms with E-state index in [-0.39, 0.29) is 5.78 Å². The Hall–Kier alpha value is -1.02. The number of hydrogen-bond donors (Lipinski definition) is 1. The number of rotatable bonds is 8. The molecule has 4 heteroatoms. The Morgan fingerprint density at radius 1 is 1.04 bits per heavy atom. The average Bonchev–Trinajstić information content (AvgIpc) is 2.60. The molecule has 0 aromatic heterocycles. The number of ketones is 1. The molecule has 134 valence electrons. The fourth-order valence-corrected chi connectivity index (χ4v) is 2.79. The molecule has 2 unspecified atom stereocenters. The van der Waals surface area contributed by atoms with E-state index in [4.69, 9.17) is 4.74 Å². The summed E-state index contributed by atoms with van der Waals surface area (Å²) in [5, 5.41) is 10.3. The third kappa shape index (κ3) is 7.25. The van der Waals surface area contributed by atoms with Crippen LogP contribution in [-0.2, 0) is 4.74 Å². The van der Waals surface area contributed by atoms with E-state index in [0.717, 1.165) is 13.2 Å². The van der Waals surface area contributed by atoms with Gasteiger partial charge in [-0.05, 0) is 29.8 Å². The number of ether oxygens (including phenoxy) is 1. The van der Waals surface area contributed by atoms with E-state index in [1.54, 1.807) is 18.2 Å². The van der Waals surface area contributed by atoms with Crippen molar-refractivity contribution < 1.29 is 14.6 Å². The number of allylic oxidation sites excluding steroid dienone is 1. The van der Waals surface area contributed by atoms with Gasteiger partial charge in [0.2, 0.25) is 0 Å². The van der Waals surface area contributed by atoms with Crippen molar-refractivity contribution in [2.24, 2.45) is 0 Å². The minimum absolute atomic E-state index is 0.0362. The van der Waals surface area contributed by atoms with Crippen molar-refractivity contribution in [1.29, 1.82) is 0 Å². The van der Waals surface area contributed by atoms with Crippen molar-refractivity contribution in [2.75, 3.05) is 13.2 Å². The molecule has 0 amide bonds. The lowest BCUT2D eigenvalue weighted by Crippen LogP contribution is -2.12. The predicted octanol–water partition coefficient (Wildman–Crippen LogP) is 5.06. The average molecular weight is 350 g/mol. The fraction of sp³-hybridized carbons (Fsp3) is 0.550.